The quantitative estimate of drug-likeness (QED) is 0.0934. The van der Waals surface area contributed by atoms with Gasteiger partial charge in [-0.3, -0.25) is 19.5 Å². The number of hydrogen-bond acceptors (Lipinski definition) is 12. The summed E-state index contributed by atoms with van der Waals surface area (Å²) in [6.45, 7) is 5.36. The summed E-state index contributed by atoms with van der Waals surface area (Å²) in [5.74, 6) is 0.287. The number of aliphatic imine (C=N–C) groups is 1. The van der Waals surface area contributed by atoms with Gasteiger partial charge in [0, 0.05) is 49.2 Å². The van der Waals surface area contributed by atoms with Crippen LogP contribution in [0.15, 0.2) is 4.99 Å². The summed E-state index contributed by atoms with van der Waals surface area (Å²) in [7, 11) is 1.82. The van der Waals surface area contributed by atoms with E-state index in [9.17, 15) is 19.8 Å². The molecular weight excluding hydrogens is 668 g/mol. The lowest BCUT2D eigenvalue weighted by Crippen LogP contribution is -2.55. The van der Waals surface area contributed by atoms with E-state index >= 15 is 0 Å². The zero-order valence-electron chi connectivity index (χ0n) is 29.9. The highest BCUT2D eigenvalue weighted by Crippen LogP contribution is 2.42. The van der Waals surface area contributed by atoms with Crippen LogP contribution in [0.1, 0.15) is 77.6 Å². The van der Waals surface area contributed by atoms with Crippen molar-refractivity contribution in [3.63, 3.8) is 0 Å². The highest BCUT2D eigenvalue weighted by Gasteiger charge is 2.50. The first-order chi connectivity index (χ1) is 24.2. The average molecular weight is 729 g/mol. The summed E-state index contributed by atoms with van der Waals surface area (Å²) < 4.78 is 22.6. The van der Waals surface area contributed by atoms with Crippen molar-refractivity contribution in [2.24, 2.45) is 22.7 Å². The summed E-state index contributed by atoms with van der Waals surface area (Å²) >= 11 is 6.51. The summed E-state index contributed by atoms with van der Waals surface area (Å²) in [6.07, 6.45) is 7.48. The summed E-state index contributed by atoms with van der Waals surface area (Å²) in [5, 5.41) is 25.5. The van der Waals surface area contributed by atoms with Crippen LogP contribution in [0.4, 0.5) is 0 Å². The third-order valence-corrected chi connectivity index (χ3v) is 11.7. The number of hydrazine groups is 1. The monoisotopic (exact) mass is 728 g/mol. The third-order valence-electron chi connectivity index (χ3n) is 11.2. The number of hydrogen-bond donors (Lipinski definition) is 6. The van der Waals surface area contributed by atoms with Crippen LogP contribution in [0.3, 0.4) is 0 Å². The number of nitrogens with one attached hydrogen (secondary N) is 4. The van der Waals surface area contributed by atoms with Gasteiger partial charge in [0.15, 0.2) is 0 Å². The predicted molar refractivity (Wildman–Crippen MR) is 189 cm³/mol. The molecule has 0 radical (unpaired) electrons. The van der Waals surface area contributed by atoms with Crippen molar-refractivity contribution >= 4 is 29.1 Å². The Balaban J connectivity index is 0.974. The highest BCUT2D eigenvalue weighted by molar-refractivity contribution is 6.20. The summed E-state index contributed by atoms with van der Waals surface area (Å²) in [5.41, 5.74) is 8.18. The molecule has 50 heavy (non-hydrogen) atoms. The van der Waals surface area contributed by atoms with Gasteiger partial charge in [-0.2, -0.15) is 0 Å². The fourth-order valence-electron chi connectivity index (χ4n) is 8.49. The maximum atomic E-state index is 13.2. The molecular formula is C35H61ClN6O8. The minimum atomic E-state index is -0.837. The number of halogens is 1. The van der Waals surface area contributed by atoms with Crippen molar-refractivity contribution in [3.05, 3.63) is 0 Å². The smallest absolute Gasteiger partial charge is 0.223 e. The molecule has 5 rings (SSSR count). The van der Waals surface area contributed by atoms with E-state index in [4.69, 9.17) is 35.5 Å². The third kappa shape index (κ3) is 11.0. The first-order valence-electron chi connectivity index (χ1n) is 18.9. The van der Waals surface area contributed by atoms with Crippen LogP contribution in [-0.2, 0) is 28.5 Å². The zero-order valence-corrected chi connectivity index (χ0v) is 30.7. The highest BCUT2D eigenvalue weighted by atomic mass is 35.5. The zero-order chi connectivity index (χ0) is 35.5. The second-order valence-electron chi connectivity index (χ2n) is 14.6. The number of methoxy groups -OCH3 is 1. The van der Waals surface area contributed by atoms with Gasteiger partial charge in [-0.1, -0.05) is 0 Å². The van der Waals surface area contributed by atoms with Crippen LogP contribution in [0.5, 0.6) is 0 Å². The molecule has 8 unspecified atom stereocenters. The molecule has 3 saturated carbocycles. The molecule has 6 N–H and O–H groups in total. The van der Waals surface area contributed by atoms with Crippen LogP contribution in [0, 0.1) is 17.8 Å². The van der Waals surface area contributed by atoms with E-state index in [1.807, 2.05) is 7.11 Å². The fraction of sp³-hybridized carbons (Fsp3) is 0.914. The lowest BCUT2D eigenvalue weighted by molar-refractivity contribution is -0.129. The van der Waals surface area contributed by atoms with Gasteiger partial charge in [-0.25, -0.2) is 10.9 Å². The van der Waals surface area contributed by atoms with Crippen LogP contribution >= 0.6 is 11.6 Å². The Labute approximate surface area is 302 Å². The number of fused-ring (bicyclic) bond motifs is 3. The maximum absolute atomic E-state index is 13.2. The largest absolute Gasteiger partial charge is 0.390 e. The van der Waals surface area contributed by atoms with Crippen molar-refractivity contribution < 1.29 is 38.7 Å². The standard InChI is InChI=1S/C35H61ClN6O8/c1-22-40-41-34-28(39-33(23-3-6-25(36)7-4-23)27-20-26(47-2)8-9-29(27)42(22)34)21-32(45)37-11-13-48-15-17-50-18-16-49-14-12-38-35(46)24-5-10-30(43)31(44)19-24/h22-31,34,40-41,43-44H,3-21H2,1-2H3,(H,37,45)(H,38,46)/t22?,23?,24?,25?,26?,27?,28-,29?,30?,31?,34?/m0/s1. The molecule has 0 aromatic carbocycles. The Morgan fingerprint density at radius 3 is 2.22 bits per heavy atom. The molecule has 1 saturated heterocycles. The molecule has 0 bridgehead atoms. The maximum Gasteiger partial charge on any atom is 0.223 e. The topological polar surface area (TPSA) is 175 Å². The molecule has 5 aliphatic rings. The van der Waals surface area contributed by atoms with Gasteiger partial charge in [-0.15, -0.1) is 11.6 Å². The van der Waals surface area contributed by atoms with E-state index in [2.05, 4.69) is 33.3 Å². The normalized spacial score (nSPS) is 36.2. The molecule has 0 aromatic heterocycles. The van der Waals surface area contributed by atoms with Gasteiger partial charge < -0.3 is 39.8 Å². The molecule has 9 atom stereocenters. The summed E-state index contributed by atoms with van der Waals surface area (Å²) in [6, 6.07) is 0.135. The Hall–Kier alpha value is -1.46. The number of ether oxygens (including phenoxy) is 4. The van der Waals surface area contributed by atoms with E-state index in [-0.39, 0.29) is 54.0 Å². The Kier molecular flexibility index (Phi) is 16.0. The molecule has 15 heteroatoms. The van der Waals surface area contributed by atoms with E-state index in [1.54, 1.807) is 0 Å². The van der Waals surface area contributed by atoms with E-state index in [0.717, 1.165) is 44.9 Å². The molecule has 0 aromatic rings. The molecule has 4 fully saturated rings. The minimum Gasteiger partial charge on any atom is -0.390 e. The predicted octanol–water partition coefficient (Wildman–Crippen LogP) is 1.07. The first kappa shape index (κ1) is 39.7. The Morgan fingerprint density at radius 2 is 1.54 bits per heavy atom. The Bertz CT molecular complexity index is 1100. The van der Waals surface area contributed by atoms with Gasteiger partial charge in [0.2, 0.25) is 11.8 Å². The number of aliphatic hydroxyl groups excluding tert-OH is 2. The molecule has 2 amide bonds. The van der Waals surface area contributed by atoms with E-state index in [0.29, 0.717) is 89.9 Å². The van der Waals surface area contributed by atoms with Crippen LogP contribution in [0.25, 0.3) is 0 Å². The van der Waals surface area contributed by atoms with E-state index in [1.165, 1.54) is 5.71 Å². The second kappa shape index (κ2) is 20.1. The van der Waals surface area contributed by atoms with Crippen LogP contribution in [-0.4, -0.2) is 141 Å². The summed E-state index contributed by atoms with van der Waals surface area (Å²) in [4.78, 5) is 33.4. The number of rotatable bonds is 17. The number of nitrogens with zero attached hydrogens (tertiary/aromatic N) is 2. The van der Waals surface area contributed by atoms with Gasteiger partial charge >= 0.3 is 0 Å². The SMILES string of the molecule is COC1CCC2C(C1)C(C1CCC(Cl)CC1)=N[C@@H](CC(=O)NCCOCCOCCOCCNC(=O)C1CCC(O)C(O)C1)C1NNC(C)N21. The van der Waals surface area contributed by atoms with Crippen molar-refractivity contribution in [3.8, 4) is 0 Å². The van der Waals surface area contributed by atoms with Crippen LogP contribution in [0.2, 0.25) is 0 Å². The number of aliphatic hydroxyl groups is 2. The number of carbonyl (C=O) groups is 2. The van der Waals surface area contributed by atoms with E-state index < -0.39 is 12.2 Å². The lowest BCUT2D eigenvalue weighted by atomic mass is 9.72. The van der Waals surface area contributed by atoms with Gasteiger partial charge in [-0.05, 0) is 77.0 Å². The lowest BCUT2D eigenvalue weighted by Gasteiger charge is -2.44. The van der Waals surface area contributed by atoms with Gasteiger partial charge in [0.05, 0.1) is 82.7 Å². The molecule has 3 aliphatic carbocycles. The van der Waals surface area contributed by atoms with Crippen molar-refractivity contribution in [2.75, 3.05) is 59.8 Å². The molecule has 14 nitrogen and oxygen atoms in total. The van der Waals surface area contributed by atoms with Gasteiger partial charge in [0.1, 0.15) is 0 Å². The molecule has 0 spiro atoms. The van der Waals surface area contributed by atoms with Crippen molar-refractivity contribution in [2.45, 2.75) is 126 Å². The van der Waals surface area contributed by atoms with Crippen molar-refractivity contribution in [1.82, 2.24) is 26.4 Å². The van der Waals surface area contributed by atoms with Crippen LogP contribution < -0.4 is 21.5 Å². The number of carbonyl (C=O) groups excluding carboxylic acids is 2. The van der Waals surface area contributed by atoms with Crippen molar-refractivity contribution in [1.29, 1.82) is 0 Å². The average Bonchev–Trinajstić information content (AvgIpc) is 3.44. The second-order valence-corrected chi connectivity index (χ2v) is 15.2. The fourth-order valence-corrected chi connectivity index (χ4v) is 8.74. The van der Waals surface area contributed by atoms with Gasteiger partial charge in [0.25, 0.3) is 0 Å². The number of amides is 2. The molecule has 2 heterocycles. The minimum absolute atomic E-state index is 0.0353. The first-order valence-corrected chi connectivity index (χ1v) is 19.4. The Morgan fingerprint density at radius 1 is 0.860 bits per heavy atom. The molecule has 286 valence electrons. The number of alkyl halides is 1. The molecule has 2 aliphatic heterocycles.